The van der Waals surface area contributed by atoms with Crippen LogP contribution in [0.25, 0.3) is 0 Å². The van der Waals surface area contributed by atoms with E-state index in [4.69, 9.17) is 0 Å². The molecule has 1 atom stereocenters. The van der Waals surface area contributed by atoms with E-state index in [1.165, 1.54) is 35.6 Å². The summed E-state index contributed by atoms with van der Waals surface area (Å²) in [7, 11) is 0. The van der Waals surface area contributed by atoms with E-state index in [-0.39, 0.29) is 29.6 Å². The Morgan fingerprint density at radius 2 is 1.96 bits per heavy atom. The number of amides is 3. The van der Waals surface area contributed by atoms with Crippen LogP contribution >= 0.6 is 11.3 Å². The van der Waals surface area contributed by atoms with Crippen molar-refractivity contribution in [3.8, 4) is 0 Å². The van der Waals surface area contributed by atoms with Crippen molar-refractivity contribution in [1.82, 2.24) is 15.1 Å². The molecule has 2 heterocycles. The molecule has 144 valence electrons. The van der Waals surface area contributed by atoms with Gasteiger partial charge in [0.2, 0.25) is 11.0 Å². The van der Waals surface area contributed by atoms with Crippen LogP contribution < -0.4 is 10.6 Å². The van der Waals surface area contributed by atoms with Crippen molar-refractivity contribution >= 4 is 34.1 Å². The van der Waals surface area contributed by atoms with Gasteiger partial charge in [0.15, 0.2) is 0 Å². The monoisotopic (exact) mass is 391 g/mol. The molecule has 0 spiro atoms. The molecule has 0 bridgehead atoms. The maximum Gasteiger partial charge on any atom is 0.321 e. The SMILES string of the molecule is CC(C)c1nnc(NC(=O)[C@H]2CCCN(C(=O)Nc3ccc(F)cc3)C2)s1. The summed E-state index contributed by atoms with van der Waals surface area (Å²) in [6.07, 6.45) is 1.45. The van der Waals surface area contributed by atoms with Crippen LogP contribution in [0.15, 0.2) is 24.3 Å². The first kappa shape index (κ1) is 19.2. The van der Waals surface area contributed by atoms with Crippen LogP contribution in [0.5, 0.6) is 0 Å². The molecule has 3 rings (SSSR count). The highest BCUT2D eigenvalue weighted by molar-refractivity contribution is 7.15. The third kappa shape index (κ3) is 5.00. The van der Waals surface area contributed by atoms with Crippen molar-refractivity contribution in [1.29, 1.82) is 0 Å². The summed E-state index contributed by atoms with van der Waals surface area (Å²) in [5.74, 6) is -0.557. The number of carbonyl (C=O) groups is 2. The Labute approximate surface area is 161 Å². The molecule has 3 amide bonds. The number of aromatic nitrogens is 2. The Morgan fingerprint density at radius 1 is 1.22 bits per heavy atom. The Bertz CT molecular complexity index is 808. The average Bonchev–Trinajstić information content (AvgIpc) is 3.12. The fraction of sp³-hybridized carbons (Fsp3) is 0.444. The molecule has 0 aliphatic carbocycles. The molecule has 2 N–H and O–H groups in total. The van der Waals surface area contributed by atoms with Gasteiger partial charge < -0.3 is 15.5 Å². The van der Waals surface area contributed by atoms with Gasteiger partial charge in [-0.2, -0.15) is 0 Å². The molecule has 1 aliphatic rings. The summed E-state index contributed by atoms with van der Waals surface area (Å²) in [6.45, 7) is 4.94. The summed E-state index contributed by atoms with van der Waals surface area (Å²) in [5.41, 5.74) is 0.517. The lowest BCUT2D eigenvalue weighted by Crippen LogP contribution is -2.45. The number of carbonyl (C=O) groups excluding carboxylic acids is 2. The van der Waals surface area contributed by atoms with Crippen molar-refractivity contribution in [2.75, 3.05) is 23.7 Å². The number of rotatable bonds is 4. The predicted molar refractivity (Wildman–Crippen MR) is 102 cm³/mol. The second-order valence-corrected chi connectivity index (χ2v) is 7.82. The van der Waals surface area contributed by atoms with Gasteiger partial charge in [0.25, 0.3) is 0 Å². The molecular weight excluding hydrogens is 369 g/mol. The number of anilines is 2. The Balaban J connectivity index is 1.56. The van der Waals surface area contributed by atoms with Gasteiger partial charge >= 0.3 is 6.03 Å². The van der Waals surface area contributed by atoms with Crippen LogP contribution in [0, 0.1) is 11.7 Å². The van der Waals surface area contributed by atoms with Gasteiger partial charge in [-0.25, -0.2) is 9.18 Å². The third-order valence-electron chi connectivity index (χ3n) is 4.34. The van der Waals surface area contributed by atoms with Crippen LogP contribution in [0.4, 0.5) is 20.0 Å². The molecule has 2 aromatic rings. The third-order valence-corrected chi connectivity index (χ3v) is 5.48. The average molecular weight is 391 g/mol. The summed E-state index contributed by atoms with van der Waals surface area (Å²) >= 11 is 1.37. The van der Waals surface area contributed by atoms with Crippen LogP contribution in [0.2, 0.25) is 0 Å². The highest BCUT2D eigenvalue weighted by atomic mass is 32.1. The topological polar surface area (TPSA) is 87.2 Å². The fourth-order valence-corrected chi connectivity index (χ4v) is 3.59. The normalized spacial score (nSPS) is 17.0. The molecule has 0 saturated carbocycles. The number of urea groups is 1. The molecule has 9 heteroatoms. The minimum atomic E-state index is -0.361. The van der Waals surface area contributed by atoms with Gasteiger partial charge in [0, 0.05) is 24.7 Å². The largest absolute Gasteiger partial charge is 0.324 e. The molecule has 27 heavy (non-hydrogen) atoms. The quantitative estimate of drug-likeness (QED) is 0.832. The summed E-state index contributed by atoms with van der Waals surface area (Å²) in [4.78, 5) is 26.6. The minimum absolute atomic E-state index is 0.152. The van der Waals surface area contributed by atoms with Crippen molar-refractivity contribution in [3.05, 3.63) is 35.1 Å². The van der Waals surface area contributed by atoms with Gasteiger partial charge in [-0.05, 0) is 37.1 Å². The highest BCUT2D eigenvalue weighted by Crippen LogP contribution is 2.24. The summed E-state index contributed by atoms with van der Waals surface area (Å²) in [5, 5.41) is 15.0. The number of hydrogen-bond acceptors (Lipinski definition) is 5. The van der Waals surface area contributed by atoms with E-state index < -0.39 is 0 Å². The number of hydrogen-bond donors (Lipinski definition) is 2. The van der Waals surface area contributed by atoms with Crippen molar-refractivity contribution in [2.24, 2.45) is 5.92 Å². The molecule has 7 nitrogen and oxygen atoms in total. The van der Waals surface area contributed by atoms with E-state index >= 15 is 0 Å². The van der Waals surface area contributed by atoms with Gasteiger partial charge in [0.1, 0.15) is 10.8 Å². The van der Waals surface area contributed by atoms with Crippen molar-refractivity contribution < 1.29 is 14.0 Å². The zero-order valence-corrected chi connectivity index (χ0v) is 16.1. The van der Waals surface area contributed by atoms with E-state index in [0.717, 1.165) is 11.4 Å². The van der Waals surface area contributed by atoms with Crippen molar-refractivity contribution in [3.63, 3.8) is 0 Å². The number of halogens is 1. The van der Waals surface area contributed by atoms with Gasteiger partial charge in [-0.3, -0.25) is 4.79 Å². The van der Waals surface area contributed by atoms with Crippen LogP contribution in [-0.2, 0) is 4.79 Å². The number of nitrogens with zero attached hydrogens (tertiary/aromatic N) is 3. The molecule has 0 unspecified atom stereocenters. The number of likely N-dealkylation sites (tertiary alicyclic amines) is 1. The lowest BCUT2D eigenvalue weighted by molar-refractivity contribution is -0.121. The zero-order chi connectivity index (χ0) is 19.4. The van der Waals surface area contributed by atoms with Crippen LogP contribution in [0.3, 0.4) is 0 Å². The lowest BCUT2D eigenvalue weighted by Gasteiger charge is -2.31. The first-order chi connectivity index (χ1) is 12.9. The summed E-state index contributed by atoms with van der Waals surface area (Å²) < 4.78 is 13.0. The molecular formula is C18H22FN5O2S. The molecule has 0 radical (unpaired) electrons. The molecule has 1 aliphatic heterocycles. The first-order valence-electron chi connectivity index (χ1n) is 8.88. The van der Waals surface area contributed by atoms with Gasteiger partial charge in [-0.1, -0.05) is 25.2 Å². The van der Waals surface area contributed by atoms with E-state index in [2.05, 4.69) is 20.8 Å². The standard InChI is InChI=1S/C18H22FN5O2S/c1-11(2)16-22-23-17(27-16)21-15(25)12-4-3-9-24(10-12)18(26)20-14-7-5-13(19)6-8-14/h5-8,11-12H,3-4,9-10H2,1-2H3,(H,20,26)(H,21,23,25)/t12-/m0/s1. The second-order valence-electron chi connectivity index (χ2n) is 6.81. The second kappa shape index (κ2) is 8.43. The first-order valence-corrected chi connectivity index (χ1v) is 9.70. The molecule has 1 aromatic heterocycles. The number of nitrogens with one attached hydrogen (secondary N) is 2. The maximum atomic E-state index is 13.0. The number of benzene rings is 1. The number of piperidine rings is 1. The fourth-order valence-electron chi connectivity index (χ4n) is 2.84. The van der Waals surface area contributed by atoms with Crippen LogP contribution in [-0.4, -0.2) is 40.1 Å². The molecule has 1 fully saturated rings. The highest BCUT2D eigenvalue weighted by Gasteiger charge is 2.29. The minimum Gasteiger partial charge on any atom is -0.324 e. The van der Waals surface area contributed by atoms with E-state index in [1.807, 2.05) is 13.8 Å². The van der Waals surface area contributed by atoms with Crippen molar-refractivity contribution in [2.45, 2.75) is 32.6 Å². The predicted octanol–water partition coefficient (Wildman–Crippen LogP) is 3.68. The van der Waals surface area contributed by atoms with Gasteiger partial charge in [-0.15, -0.1) is 10.2 Å². The zero-order valence-electron chi connectivity index (χ0n) is 15.2. The maximum absolute atomic E-state index is 13.0. The lowest BCUT2D eigenvalue weighted by atomic mass is 9.97. The Hall–Kier alpha value is -2.55. The van der Waals surface area contributed by atoms with Gasteiger partial charge in [0.05, 0.1) is 5.92 Å². The van der Waals surface area contributed by atoms with E-state index in [0.29, 0.717) is 30.3 Å². The van der Waals surface area contributed by atoms with E-state index in [1.54, 1.807) is 4.90 Å². The molecule has 1 saturated heterocycles. The summed E-state index contributed by atoms with van der Waals surface area (Å²) in [6, 6.07) is 5.29. The Kier molecular flexibility index (Phi) is 6.00. The Morgan fingerprint density at radius 3 is 2.63 bits per heavy atom. The van der Waals surface area contributed by atoms with E-state index in [9.17, 15) is 14.0 Å². The van der Waals surface area contributed by atoms with Crippen LogP contribution in [0.1, 0.15) is 37.6 Å². The smallest absolute Gasteiger partial charge is 0.321 e. The molecule has 1 aromatic carbocycles.